The number of aliphatic hydroxyl groups is 2. The molecule has 0 aromatic carbocycles. The number of carbonyl (C=O) groups excluding carboxylic acids is 2. The van der Waals surface area contributed by atoms with Crippen LogP contribution in [0.1, 0.15) is 438 Å². The molecule has 0 aliphatic carbocycles. The van der Waals surface area contributed by atoms with E-state index >= 15 is 0 Å². The first-order valence-electron chi connectivity index (χ1n) is 37.3. The highest BCUT2D eigenvalue weighted by atomic mass is 16.5. The summed E-state index contributed by atoms with van der Waals surface area (Å²) in [6, 6.07) is -0.536. The summed E-state index contributed by atoms with van der Waals surface area (Å²) in [5.41, 5.74) is 0. The number of hydrogen-bond donors (Lipinski definition) is 3. The molecule has 1 amide bonds. The molecular weight excluding hydrogens is 983 g/mol. The van der Waals surface area contributed by atoms with Gasteiger partial charge in [-0.25, -0.2) is 0 Å². The molecular formula is C74H147NO5. The molecule has 0 fully saturated rings. The first-order chi connectivity index (χ1) is 39.5. The minimum atomic E-state index is -0.659. The Morgan fingerprint density at radius 1 is 0.300 bits per heavy atom. The molecule has 80 heavy (non-hydrogen) atoms. The molecule has 0 rings (SSSR count). The fourth-order valence-corrected chi connectivity index (χ4v) is 12.2. The van der Waals surface area contributed by atoms with Crippen LogP contribution >= 0.6 is 0 Å². The van der Waals surface area contributed by atoms with Crippen LogP contribution in [0.25, 0.3) is 0 Å². The molecule has 0 saturated carbocycles. The zero-order valence-electron chi connectivity index (χ0n) is 54.9. The minimum absolute atomic E-state index is 0.0244. The molecule has 6 nitrogen and oxygen atoms in total. The smallest absolute Gasteiger partial charge is 0.305 e. The number of nitrogens with one attached hydrogen (secondary N) is 1. The number of rotatable bonds is 71. The second kappa shape index (κ2) is 70.3. The highest BCUT2D eigenvalue weighted by Gasteiger charge is 2.20. The average Bonchev–Trinajstić information content (AvgIpc) is 3.46. The van der Waals surface area contributed by atoms with E-state index < -0.39 is 12.1 Å². The Labute approximate surface area is 502 Å². The van der Waals surface area contributed by atoms with Crippen molar-refractivity contribution >= 4 is 11.9 Å². The first-order valence-corrected chi connectivity index (χ1v) is 37.3. The number of aliphatic hydroxyl groups excluding tert-OH is 2. The third kappa shape index (κ3) is 66.0. The van der Waals surface area contributed by atoms with Gasteiger partial charge in [0.15, 0.2) is 0 Å². The number of carbonyl (C=O) groups is 2. The van der Waals surface area contributed by atoms with Gasteiger partial charge in [-0.05, 0) is 25.7 Å². The monoisotopic (exact) mass is 1130 g/mol. The Hall–Kier alpha value is -1.14. The SMILES string of the molecule is CCCCCCCCCCCCCCCCCCC(O)C(CO)NC(=O)CCCCCCCCCCCCCCCCCCCCCCCCCCCCCCCCCCCCCOC(=O)CCCCCCCCCCCCCC. The van der Waals surface area contributed by atoms with Crippen molar-refractivity contribution in [2.45, 2.75) is 450 Å². The quantitative estimate of drug-likeness (QED) is 0.0417. The molecule has 0 bridgehead atoms. The summed E-state index contributed by atoms with van der Waals surface area (Å²) >= 11 is 0. The van der Waals surface area contributed by atoms with Crippen molar-refractivity contribution in [3.63, 3.8) is 0 Å². The summed E-state index contributed by atoms with van der Waals surface area (Å²) in [5.74, 6) is -0.000842. The van der Waals surface area contributed by atoms with Gasteiger partial charge < -0.3 is 20.3 Å². The van der Waals surface area contributed by atoms with Crippen LogP contribution in [0.4, 0.5) is 0 Å². The summed E-state index contributed by atoms with van der Waals surface area (Å²) in [5, 5.41) is 23.4. The van der Waals surface area contributed by atoms with Crippen molar-refractivity contribution < 1.29 is 24.5 Å². The van der Waals surface area contributed by atoms with Crippen LogP contribution in [0.5, 0.6) is 0 Å². The molecule has 0 saturated heterocycles. The predicted octanol–water partition coefficient (Wildman–Crippen LogP) is 24.2. The lowest BCUT2D eigenvalue weighted by atomic mass is 10.0. The lowest BCUT2D eigenvalue weighted by molar-refractivity contribution is -0.143. The largest absolute Gasteiger partial charge is 0.466 e. The minimum Gasteiger partial charge on any atom is -0.466 e. The predicted molar refractivity (Wildman–Crippen MR) is 352 cm³/mol. The zero-order chi connectivity index (χ0) is 57.8. The van der Waals surface area contributed by atoms with E-state index in [0.717, 1.165) is 38.5 Å². The molecule has 2 atom stereocenters. The Kier molecular flexibility index (Phi) is 69.3. The Morgan fingerprint density at radius 3 is 0.762 bits per heavy atom. The summed E-state index contributed by atoms with van der Waals surface area (Å²) in [4.78, 5) is 24.6. The van der Waals surface area contributed by atoms with Crippen LogP contribution in [-0.4, -0.2) is 47.4 Å². The second-order valence-electron chi connectivity index (χ2n) is 26.0. The van der Waals surface area contributed by atoms with Gasteiger partial charge in [-0.2, -0.15) is 0 Å². The summed E-state index contributed by atoms with van der Waals surface area (Å²) in [6.45, 7) is 5.00. The van der Waals surface area contributed by atoms with Crippen molar-refractivity contribution in [1.82, 2.24) is 5.32 Å². The molecule has 0 aromatic rings. The topological polar surface area (TPSA) is 95.9 Å². The standard InChI is InChI=1S/C74H147NO5/c1-3-5-7-9-11-13-15-17-18-40-43-46-50-54-58-62-66-72(77)71(70-76)75-73(78)67-63-59-55-51-47-44-41-38-36-34-32-30-28-26-24-22-20-19-21-23-25-27-29-31-33-35-37-39-42-45-49-53-57-61-65-69-80-74(79)68-64-60-56-52-48-16-14-12-10-8-6-4-2/h71-72,76-77H,3-70H2,1-2H3,(H,75,78). The summed E-state index contributed by atoms with van der Waals surface area (Å²) < 4.78 is 5.49. The molecule has 2 unspecified atom stereocenters. The second-order valence-corrected chi connectivity index (χ2v) is 26.0. The fourth-order valence-electron chi connectivity index (χ4n) is 12.2. The van der Waals surface area contributed by atoms with Crippen molar-refractivity contribution in [2.75, 3.05) is 13.2 Å². The highest BCUT2D eigenvalue weighted by Crippen LogP contribution is 2.20. The van der Waals surface area contributed by atoms with Crippen molar-refractivity contribution in [3.8, 4) is 0 Å². The fraction of sp³-hybridized carbons (Fsp3) is 0.973. The van der Waals surface area contributed by atoms with Crippen molar-refractivity contribution in [2.24, 2.45) is 0 Å². The van der Waals surface area contributed by atoms with E-state index in [-0.39, 0.29) is 18.5 Å². The van der Waals surface area contributed by atoms with E-state index in [4.69, 9.17) is 4.74 Å². The van der Waals surface area contributed by atoms with Gasteiger partial charge in [-0.3, -0.25) is 9.59 Å². The van der Waals surface area contributed by atoms with Crippen LogP contribution in [0.3, 0.4) is 0 Å². The van der Waals surface area contributed by atoms with E-state index in [0.29, 0.717) is 25.9 Å². The number of unbranched alkanes of at least 4 members (excludes halogenated alkanes) is 60. The zero-order valence-corrected chi connectivity index (χ0v) is 54.9. The highest BCUT2D eigenvalue weighted by molar-refractivity contribution is 5.76. The maximum absolute atomic E-state index is 12.5. The molecule has 478 valence electrons. The Balaban J connectivity index is 3.29. The summed E-state index contributed by atoms with van der Waals surface area (Å²) in [7, 11) is 0. The van der Waals surface area contributed by atoms with Crippen LogP contribution in [-0.2, 0) is 14.3 Å². The van der Waals surface area contributed by atoms with Crippen molar-refractivity contribution in [3.05, 3.63) is 0 Å². The van der Waals surface area contributed by atoms with Crippen LogP contribution in [0.15, 0.2) is 0 Å². The number of hydrogen-bond acceptors (Lipinski definition) is 5. The molecule has 0 heterocycles. The van der Waals surface area contributed by atoms with E-state index in [2.05, 4.69) is 19.2 Å². The van der Waals surface area contributed by atoms with E-state index in [1.165, 1.54) is 366 Å². The van der Waals surface area contributed by atoms with E-state index in [1.807, 2.05) is 0 Å². The Morgan fingerprint density at radius 2 is 0.512 bits per heavy atom. The molecule has 0 aliphatic heterocycles. The van der Waals surface area contributed by atoms with E-state index in [9.17, 15) is 19.8 Å². The van der Waals surface area contributed by atoms with Gasteiger partial charge in [0.05, 0.1) is 25.4 Å². The average molecular weight is 1130 g/mol. The molecule has 6 heteroatoms. The van der Waals surface area contributed by atoms with Gasteiger partial charge >= 0.3 is 5.97 Å². The maximum Gasteiger partial charge on any atom is 0.305 e. The first kappa shape index (κ1) is 78.9. The van der Waals surface area contributed by atoms with Crippen molar-refractivity contribution in [1.29, 1.82) is 0 Å². The molecule has 0 radical (unpaired) electrons. The third-order valence-corrected chi connectivity index (χ3v) is 17.9. The number of esters is 1. The summed E-state index contributed by atoms with van der Waals surface area (Å²) in [6.07, 6.45) is 86.1. The van der Waals surface area contributed by atoms with Gasteiger partial charge in [0.25, 0.3) is 0 Å². The molecule has 0 aliphatic rings. The normalized spacial score (nSPS) is 12.4. The van der Waals surface area contributed by atoms with Gasteiger partial charge in [-0.15, -0.1) is 0 Å². The van der Waals surface area contributed by atoms with E-state index in [1.54, 1.807) is 0 Å². The third-order valence-electron chi connectivity index (χ3n) is 17.9. The number of amides is 1. The Bertz CT molecular complexity index is 1160. The number of ether oxygens (including phenoxy) is 1. The lowest BCUT2D eigenvalue weighted by Gasteiger charge is -2.22. The molecule has 3 N–H and O–H groups in total. The van der Waals surface area contributed by atoms with Gasteiger partial charge in [0.1, 0.15) is 0 Å². The van der Waals surface area contributed by atoms with Crippen LogP contribution in [0, 0.1) is 0 Å². The lowest BCUT2D eigenvalue weighted by Crippen LogP contribution is -2.45. The molecule has 0 spiro atoms. The van der Waals surface area contributed by atoms with Gasteiger partial charge in [0, 0.05) is 12.8 Å². The maximum atomic E-state index is 12.5. The van der Waals surface area contributed by atoms with Crippen LogP contribution in [0.2, 0.25) is 0 Å². The van der Waals surface area contributed by atoms with Gasteiger partial charge in [-0.1, -0.05) is 399 Å². The van der Waals surface area contributed by atoms with Crippen LogP contribution < -0.4 is 5.32 Å². The molecule has 0 aromatic heterocycles. The van der Waals surface area contributed by atoms with Gasteiger partial charge in [0.2, 0.25) is 5.91 Å².